The summed E-state index contributed by atoms with van der Waals surface area (Å²) in [5, 5.41) is 14.1. The first-order valence-corrected chi connectivity index (χ1v) is 6.76. The lowest BCUT2D eigenvalue weighted by Crippen LogP contribution is -2.40. The molecule has 0 atom stereocenters. The smallest absolute Gasteiger partial charge is 0.315 e. The molecule has 0 amide bonds. The predicted octanol–water partition coefficient (Wildman–Crippen LogP) is 1.49. The Morgan fingerprint density at radius 1 is 1.44 bits per heavy atom. The SMILES string of the molecule is CNCc1nnc(NCC2(SC)CCC2)o1. The van der Waals surface area contributed by atoms with Gasteiger partial charge in [0.25, 0.3) is 0 Å². The number of rotatable bonds is 6. The molecular formula is C10H18N4OS. The van der Waals surface area contributed by atoms with Crippen molar-refractivity contribution in [2.24, 2.45) is 0 Å². The molecule has 1 heterocycles. The summed E-state index contributed by atoms with van der Waals surface area (Å²) in [7, 11) is 1.86. The summed E-state index contributed by atoms with van der Waals surface area (Å²) in [6.45, 7) is 1.53. The Labute approximate surface area is 99.8 Å². The summed E-state index contributed by atoms with van der Waals surface area (Å²) in [5.74, 6) is 0.622. The lowest BCUT2D eigenvalue weighted by molar-refractivity contribution is 0.375. The van der Waals surface area contributed by atoms with Crippen LogP contribution in [0.1, 0.15) is 25.2 Å². The summed E-state index contributed by atoms with van der Waals surface area (Å²) in [6.07, 6.45) is 6.05. The number of aromatic nitrogens is 2. The highest BCUT2D eigenvalue weighted by atomic mass is 32.2. The molecular weight excluding hydrogens is 224 g/mol. The molecule has 0 spiro atoms. The van der Waals surface area contributed by atoms with E-state index < -0.39 is 0 Å². The summed E-state index contributed by atoms with van der Waals surface area (Å²) < 4.78 is 5.81. The van der Waals surface area contributed by atoms with Crippen molar-refractivity contribution in [3.63, 3.8) is 0 Å². The third-order valence-corrected chi connectivity index (χ3v) is 4.47. The van der Waals surface area contributed by atoms with E-state index in [1.165, 1.54) is 19.3 Å². The molecule has 1 aliphatic carbocycles. The molecule has 1 fully saturated rings. The number of hydrogen-bond donors (Lipinski definition) is 2. The minimum absolute atomic E-state index is 0.387. The van der Waals surface area contributed by atoms with Crippen LogP contribution in [0.4, 0.5) is 6.01 Å². The molecule has 0 radical (unpaired) electrons. The average Bonchev–Trinajstić information content (AvgIpc) is 2.66. The van der Waals surface area contributed by atoms with E-state index in [9.17, 15) is 0 Å². The van der Waals surface area contributed by atoms with Crippen LogP contribution in [0, 0.1) is 0 Å². The van der Waals surface area contributed by atoms with Crippen molar-refractivity contribution in [1.29, 1.82) is 0 Å². The van der Waals surface area contributed by atoms with Gasteiger partial charge in [-0.15, -0.1) is 5.10 Å². The maximum atomic E-state index is 5.43. The van der Waals surface area contributed by atoms with Crippen LogP contribution in [0.5, 0.6) is 0 Å². The molecule has 6 heteroatoms. The first kappa shape index (κ1) is 11.7. The monoisotopic (exact) mass is 242 g/mol. The van der Waals surface area contributed by atoms with Gasteiger partial charge in [-0.2, -0.15) is 11.8 Å². The number of anilines is 1. The van der Waals surface area contributed by atoms with Crippen molar-refractivity contribution in [2.75, 3.05) is 25.2 Å². The van der Waals surface area contributed by atoms with Crippen molar-refractivity contribution >= 4 is 17.8 Å². The van der Waals surface area contributed by atoms with Crippen molar-refractivity contribution in [1.82, 2.24) is 15.5 Å². The van der Waals surface area contributed by atoms with E-state index in [0.717, 1.165) is 6.54 Å². The fourth-order valence-corrected chi connectivity index (χ4v) is 2.72. The molecule has 0 saturated heterocycles. The Balaban J connectivity index is 1.84. The zero-order valence-electron chi connectivity index (χ0n) is 9.75. The molecule has 1 saturated carbocycles. The van der Waals surface area contributed by atoms with E-state index in [1.54, 1.807) is 0 Å². The van der Waals surface area contributed by atoms with Gasteiger partial charge < -0.3 is 15.1 Å². The summed E-state index contributed by atoms with van der Waals surface area (Å²) >= 11 is 1.93. The number of thioether (sulfide) groups is 1. The molecule has 0 unspecified atom stereocenters. The second kappa shape index (κ2) is 5.05. The highest BCUT2D eigenvalue weighted by Gasteiger charge is 2.36. The molecule has 2 rings (SSSR count). The summed E-state index contributed by atoms with van der Waals surface area (Å²) in [6, 6.07) is 0.533. The van der Waals surface area contributed by atoms with Crippen LogP contribution in [0.25, 0.3) is 0 Å². The van der Waals surface area contributed by atoms with Gasteiger partial charge in [0.05, 0.1) is 6.54 Å². The maximum Gasteiger partial charge on any atom is 0.315 e. The highest BCUT2D eigenvalue weighted by Crippen LogP contribution is 2.42. The summed E-state index contributed by atoms with van der Waals surface area (Å²) in [4.78, 5) is 0. The molecule has 1 aromatic heterocycles. The zero-order chi connectivity index (χ0) is 11.4. The number of nitrogens with one attached hydrogen (secondary N) is 2. The van der Waals surface area contributed by atoms with E-state index in [2.05, 4.69) is 27.1 Å². The fourth-order valence-electron chi connectivity index (χ4n) is 1.81. The van der Waals surface area contributed by atoms with Gasteiger partial charge in [0.2, 0.25) is 5.89 Å². The van der Waals surface area contributed by atoms with Crippen molar-refractivity contribution in [3.05, 3.63) is 5.89 Å². The van der Waals surface area contributed by atoms with Gasteiger partial charge >= 0.3 is 6.01 Å². The lowest BCUT2D eigenvalue weighted by atomic mass is 9.84. The molecule has 1 aliphatic rings. The van der Waals surface area contributed by atoms with Gasteiger partial charge in [0, 0.05) is 11.3 Å². The van der Waals surface area contributed by atoms with E-state index in [4.69, 9.17) is 4.42 Å². The van der Waals surface area contributed by atoms with Crippen molar-refractivity contribution < 1.29 is 4.42 Å². The first-order valence-electron chi connectivity index (χ1n) is 5.54. The van der Waals surface area contributed by atoms with Crippen LogP contribution in [0.2, 0.25) is 0 Å². The second-order valence-corrected chi connectivity index (χ2v) is 5.40. The summed E-state index contributed by atoms with van der Waals surface area (Å²) in [5.41, 5.74) is 0. The van der Waals surface area contributed by atoms with Crippen LogP contribution in [0.3, 0.4) is 0 Å². The standard InChI is InChI=1S/C10H18N4OS/c1-11-6-8-13-14-9(15-8)12-7-10(16-2)4-3-5-10/h11H,3-7H2,1-2H3,(H,12,14). The fraction of sp³-hybridized carbons (Fsp3) is 0.800. The average molecular weight is 242 g/mol. The largest absolute Gasteiger partial charge is 0.407 e. The number of hydrogen-bond acceptors (Lipinski definition) is 6. The van der Waals surface area contributed by atoms with E-state index in [-0.39, 0.29) is 0 Å². The normalized spacial score (nSPS) is 18.1. The van der Waals surface area contributed by atoms with E-state index >= 15 is 0 Å². The van der Waals surface area contributed by atoms with E-state index in [1.807, 2.05) is 18.8 Å². The molecule has 2 N–H and O–H groups in total. The van der Waals surface area contributed by atoms with Gasteiger partial charge in [-0.3, -0.25) is 0 Å². The molecule has 0 bridgehead atoms. The van der Waals surface area contributed by atoms with Gasteiger partial charge in [0.1, 0.15) is 0 Å². The molecule has 16 heavy (non-hydrogen) atoms. The van der Waals surface area contributed by atoms with Crippen LogP contribution in [-0.2, 0) is 6.54 Å². The lowest BCUT2D eigenvalue weighted by Gasteiger charge is -2.40. The van der Waals surface area contributed by atoms with Crippen molar-refractivity contribution in [3.8, 4) is 0 Å². The van der Waals surface area contributed by atoms with Gasteiger partial charge in [0.15, 0.2) is 0 Å². The number of nitrogens with zero attached hydrogens (tertiary/aromatic N) is 2. The van der Waals surface area contributed by atoms with Crippen LogP contribution in [-0.4, -0.2) is 34.8 Å². The molecule has 0 aliphatic heterocycles. The maximum absolute atomic E-state index is 5.43. The van der Waals surface area contributed by atoms with Gasteiger partial charge in [-0.1, -0.05) is 11.5 Å². The van der Waals surface area contributed by atoms with Crippen LogP contribution >= 0.6 is 11.8 Å². The van der Waals surface area contributed by atoms with Crippen LogP contribution < -0.4 is 10.6 Å². The Morgan fingerprint density at radius 2 is 2.25 bits per heavy atom. The first-order chi connectivity index (χ1) is 7.78. The minimum atomic E-state index is 0.387. The van der Waals surface area contributed by atoms with Gasteiger partial charge in [-0.25, -0.2) is 0 Å². The highest BCUT2D eigenvalue weighted by molar-refractivity contribution is 8.00. The Kier molecular flexibility index (Phi) is 3.70. The topological polar surface area (TPSA) is 63.0 Å². The van der Waals surface area contributed by atoms with Crippen molar-refractivity contribution in [2.45, 2.75) is 30.6 Å². The van der Waals surface area contributed by atoms with Crippen LogP contribution in [0.15, 0.2) is 4.42 Å². The Morgan fingerprint density at radius 3 is 2.81 bits per heavy atom. The Bertz CT molecular complexity index is 332. The minimum Gasteiger partial charge on any atom is -0.407 e. The molecule has 90 valence electrons. The molecule has 5 nitrogen and oxygen atoms in total. The quantitative estimate of drug-likeness (QED) is 0.788. The second-order valence-electron chi connectivity index (χ2n) is 4.13. The third-order valence-electron chi connectivity index (χ3n) is 3.05. The Hall–Kier alpha value is -0.750. The third kappa shape index (κ3) is 2.49. The predicted molar refractivity (Wildman–Crippen MR) is 65.6 cm³/mol. The zero-order valence-corrected chi connectivity index (χ0v) is 10.6. The van der Waals surface area contributed by atoms with E-state index in [0.29, 0.717) is 23.2 Å². The van der Waals surface area contributed by atoms with Gasteiger partial charge in [-0.05, 0) is 26.1 Å². The molecule has 1 aromatic rings. The molecule has 0 aromatic carbocycles.